The Balaban J connectivity index is 1.90. The Kier molecular flexibility index (Phi) is 3.47. The van der Waals surface area contributed by atoms with Crippen LogP contribution in [0.15, 0.2) is 24.3 Å². The van der Waals surface area contributed by atoms with Crippen molar-refractivity contribution < 1.29 is 14.3 Å². The lowest BCUT2D eigenvalue weighted by Gasteiger charge is -2.26. The van der Waals surface area contributed by atoms with Crippen LogP contribution in [0.2, 0.25) is 0 Å². The first-order chi connectivity index (χ1) is 9.63. The Morgan fingerprint density at radius 3 is 2.70 bits per heavy atom. The van der Waals surface area contributed by atoms with Crippen LogP contribution in [0, 0.1) is 11.7 Å². The molecule has 106 valence electrons. The number of carboxylic acid groups (broad SMARTS) is 1. The molecule has 0 amide bonds. The molecule has 3 nitrogen and oxygen atoms in total. The van der Waals surface area contributed by atoms with Gasteiger partial charge in [-0.15, -0.1) is 0 Å². The van der Waals surface area contributed by atoms with Crippen LogP contribution in [0.3, 0.4) is 0 Å². The second-order valence-corrected chi connectivity index (χ2v) is 5.70. The van der Waals surface area contributed by atoms with Crippen molar-refractivity contribution in [1.82, 2.24) is 0 Å². The van der Waals surface area contributed by atoms with Gasteiger partial charge in [-0.3, -0.25) is 0 Å². The summed E-state index contributed by atoms with van der Waals surface area (Å²) in [6.07, 6.45) is 7.44. The molecule has 3 rings (SSSR count). The van der Waals surface area contributed by atoms with E-state index in [2.05, 4.69) is 4.90 Å². The van der Waals surface area contributed by atoms with Crippen molar-refractivity contribution >= 4 is 17.7 Å². The molecule has 0 bridgehead atoms. The van der Waals surface area contributed by atoms with Crippen molar-refractivity contribution in [3.05, 3.63) is 35.7 Å². The first kappa shape index (κ1) is 13.2. The Bertz CT molecular complexity index is 547. The number of carboxylic acids is 1. The molecule has 2 aliphatic rings. The lowest BCUT2D eigenvalue weighted by atomic mass is 10.1. The fraction of sp³-hybridized carbons (Fsp3) is 0.438. The SMILES string of the molecule is O=C(O)C=Cc1cc(F)ccc1N(CC1CC1)C1CC1. The minimum absolute atomic E-state index is 0.332. The van der Waals surface area contributed by atoms with E-state index >= 15 is 0 Å². The average molecular weight is 275 g/mol. The maximum Gasteiger partial charge on any atom is 0.328 e. The number of carbonyl (C=O) groups is 1. The minimum atomic E-state index is -1.01. The number of anilines is 1. The van der Waals surface area contributed by atoms with E-state index in [1.807, 2.05) is 0 Å². The molecule has 4 heteroatoms. The van der Waals surface area contributed by atoms with Gasteiger partial charge in [0, 0.05) is 29.9 Å². The van der Waals surface area contributed by atoms with E-state index in [1.165, 1.54) is 43.9 Å². The first-order valence-electron chi connectivity index (χ1n) is 7.10. The topological polar surface area (TPSA) is 40.5 Å². The van der Waals surface area contributed by atoms with Gasteiger partial charge < -0.3 is 10.0 Å². The quantitative estimate of drug-likeness (QED) is 0.810. The van der Waals surface area contributed by atoms with Crippen LogP contribution in [0.25, 0.3) is 6.08 Å². The molecule has 0 aromatic heterocycles. The molecule has 1 aromatic rings. The zero-order chi connectivity index (χ0) is 14.1. The Morgan fingerprint density at radius 2 is 2.10 bits per heavy atom. The summed E-state index contributed by atoms with van der Waals surface area (Å²) in [6.45, 7) is 1.00. The van der Waals surface area contributed by atoms with Gasteiger partial charge in [-0.25, -0.2) is 9.18 Å². The summed E-state index contributed by atoms with van der Waals surface area (Å²) in [5, 5.41) is 8.76. The summed E-state index contributed by atoms with van der Waals surface area (Å²) in [7, 11) is 0. The predicted molar refractivity (Wildman–Crippen MR) is 76.2 cm³/mol. The van der Waals surface area contributed by atoms with E-state index in [0.29, 0.717) is 11.6 Å². The van der Waals surface area contributed by atoms with Gasteiger partial charge in [-0.1, -0.05) is 0 Å². The molecular formula is C16H18FNO2. The molecule has 0 unspecified atom stereocenters. The normalized spacial score (nSPS) is 18.4. The lowest BCUT2D eigenvalue weighted by molar-refractivity contribution is -0.131. The third-order valence-electron chi connectivity index (χ3n) is 3.84. The molecule has 1 aromatic carbocycles. The fourth-order valence-corrected chi connectivity index (χ4v) is 2.49. The number of rotatable bonds is 6. The van der Waals surface area contributed by atoms with Crippen LogP contribution in [0.5, 0.6) is 0 Å². The summed E-state index contributed by atoms with van der Waals surface area (Å²) in [5.41, 5.74) is 1.61. The van der Waals surface area contributed by atoms with Gasteiger partial charge in [0.1, 0.15) is 5.82 Å². The number of hydrogen-bond donors (Lipinski definition) is 1. The monoisotopic (exact) mass is 275 g/mol. The molecule has 0 aliphatic heterocycles. The summed E-state index contributed by atoms with van der Waals surface area (Å²) in [5.74, 6) is -0.599. The Hall–Kier alpha value is -1.84. The summed E-state index contributed by atoms with van der Waals surface area (Å²) in [6, 6.07) is 5.18. The van der Waals surface area contributed by atoms with Gasteiger partial charge in [-0.2, -0.15) is 0 Å². The highest BCUT2D eigenvalue weighted by Crippen LogP contribution is 2.39. The van der Waals surface area contributed by atoms with Crippen molar-refractivity contribution in [3.63, 3.8) is 0 Å². The zero-order valence-corrected chi connectivity index (χ0v) is 11.3. The maximum absolute atomic E-state index is 13.4. The number of aliphatic carboxylic acids is 1. The van der Waals surface area contributed by atoms with Crippen LogP contribution >= 0.6 is 0 Å². The lowest BCUT2D eigenvalue weighted by Crippen LogP contribution is -2.28. The largest absolute Gasteiger partial charge is 0.478 e. The van der Waals surface area contributed by atoms with E-state index in [0.717, 1.165) is 24.2 Å². The van der Waals surface area contributed by atoms with E-state index in [9.17, 15) is 9.18 Å². The number of hydrogen-bond acceptors (Lipinski definition) is 2. The molecule has 2 aliphatic carbocycles. The number of benzene rings is 1. The van der Waals surface area contributed by atoms with E-state index in [1.54, 1.807) is 6.07 Å². The second kappa shape index (κ2) is 5.27. The van der Waals surface area contributed by atoms with Gasteiger partial charge in [0.2, 0.25) is 0 Å². The molecule has 20 heavy (non-hydrogen) atoms. The summed E-state index contributed by atoms with van der Waals surface area (Å²) < 4.78 is 13.4. The van der Waals surface area contributed by atoms with Crippen molar-refractivity contribution in [2.45, 2.75) is 31.7 Å². The van der Waals surface area contributed by atoms with E-state index in [-0.39, 0.29) is 5.82 Å². The number of halogens is 1. The fourth-order valence-electron chi connectivity index (χ4n) is 2.49. The minimum Gasteiger partial charge on any atom is -0.478 e. The maximum atomic E-state index is 13.4. The van der Waals surface area contributed by atoms with Crippen LogP contribution in [0.4, 0.5) is 10.1 Å². The highest BCUT2D eigenvalue weighted by atomic mass is 19.1. The molecule has 2 saturated carbocycles. The van der Waals surface area contributed by atoms with Gasteiger partial charge in [-0.05, 0) is 55.9 Å². The molecule has 0 atom stereocenters. The standard InChI is InChI=1S/C16H18FNO2/c17-13-4-7-15(12(9-13)3-8-16(19)20)18(14-5-6-14)10-11-1-2-11/h3-4,7-9,11,14H,1-2,5-6,10H2,(H,19,20). The zero-order valence-electron chi connectivity index (χ0n) is 11.3. The van der Waals surface area contributed by atoms with Gasteiger partial charge in [0.05, 0.1) is 0 Å². The molecule has 0 spiro atoms. The first-order valence-corrected chi connectivity index (χ1v) is 7.10. The second-order valence-electron chi connectivity index (χ2n) is 5.70. The molecule has 2 fully saturated rings. The van der Waals surface area contributed by atoms with E-state index < -0.39 is 5.97 Å². The van der Waals surface area contributed by atoms with Crippen molar-refractivity contribution in [1.29, 1.82) is 0 Å². The van der Waals surface area contributed by atoms with Gasteiger partial charge in [0.15, 0.2) is 0 Å². The van der Waals surface area contributed by atoms with Crippen LogP contribution in [0.1, 0.15) is 31.2 Å². The Labute approximate surface area is 117 Å². The van der Waals surface area contributed by atoms with Gasteiger partial charge >= 0.3 is 5.97 Å². The van der Waals surface area contributed by atoms with Crippen LogP contribution in [-0.2, 0) is 4.79 Å². The van der Waals surface area contributed by atoms with Crippen LogP contribution in [-0.4, -0.2) is 23.7 Å². The van der Waals surface area contributed by atoms with E-state index in [4.69, 9.17) is 5.11 Å². The highest BCUT2D eigenvalue weighted by Gasteiger charge is 2.34. The molecule has 1 N–H and O–H groups in total. The predicted octanol–water partition coefficient (Wildman–Crippen LogP) is 3.30. The third-order valence-corrected chi connectivity index (χ3v) is 3.84. The molecule has 0 radical (unpaired) electrons. The van der Waals surface area contributed by atoms with Crippen molar-refractivity contribution in [2.24, 2.45) is 5.92 Å². The van der Waals surface area contributed by atoms with Crippen LogP contribution < -0.4 is 4.90 Å². The highest BCUT2D eigenvalue weighted by molar-refractivity contribution is 5.87. The number of nitrogens with zero attached hydrogens (tertiary/aromatic N) is 1. The Morgan fingerprint density at radius 1 is 1.35 bits per heavy atom. The average Bonchev–Trinajstić information content (AvgIpc) is 3.26. The smallest absolute Gasteiger partial charge is 0.328 e. The van der Waals surface area contributed by atoms with Crippen molar-refractivity contribution in [3.8, 4) is 0 Å². The van der Waals surface area contributed by atoms with Crippen molar-refractivity contribution in [2.75, 3.05) is 11.4 Å². The molecule has 0 heterocycles. The van der Waals surface area contributed by atoms with Gasteiger partial charge in [0.25, 0.3) is 0 Å². The summed E-state index contributed by atoms with van der Waals surface area (Å²) >= 11 is 0. The molecular weight excluding hydrogens is 257 g/mol. The third kappa shape index (κ3) is 3.18. The molecule has 0 saturated heterocycles. The summed E-state index contributed by atoms with van der Waals surface area (Å²) in [4.78, 5) is 13.0.